The molecule has 1 aliphatic heterocycles. The lowest BCUT2D eigenvalue weighted by Crippen LogP contribution is -2.32. The molecule has 0 atom stereocenters. The highest BCUT2D eigenvalue weighted by Gasteiger charge is 2.29. The van der Waals surface area contributed by atoms with E-state index < -0.39 is 15.8 Å². The summed E-state index contributed by atoms with van der Waals surface area (Å²) in [6.45, 7) is 2.01. The van der Waals surface area contributed by atoms with E-state index in [0.29, 0.717) is 36.1 Å². The van der Waals surface area contributed by atoms with E-state index in [2.05, 4.69) is 5.32 Å². The normalized spacial score (nSPS) is 15.7. The zero-order chi connectivity index (χ0) is 26.5. The molecule has 1 heterocycles. The van der Waals surface area contributed by atoms with Crippen LogP contribution in [0.3, 0.4) is 0 Å². The van der Waals surface area contributed by atoms with Gasteiger partial charge in [0.15, 0.2) is 5.82 Å². The van der Waals surface area contributed by atoms with Crippen LogP contribution >= 0.6 is 0 Å². The lowest BCUT2D eigenvalue weighted by molar-refractivity contribution is 0.278. The number of ether oxygens (including phenoxy) is 2. The van der Waals surface area contributed by atoms with Gasteiger partial charge in [0.25, 0.3) is 10.0 Å². The lowest BCUT2D eigenvalue weighted by atomic mass is 10.0. The first kappa shape index (κ1) is 26.5. The van der Waals surface area contributed by atoms with Crippen LogP contribution in [0.1, 0.15) is 48.8 Å². The van der Waals surface area contributed by atoms with Crippen LogP contribution < -0.4 is 19.1 Å². The predicted octanol–water partition coefficient (Wildman–Crippen LogP) is 5.83. The van der Waals surface area contributed by atoms with Crippen molar-refractivity contribution in [1.82, 2.24) is 5.32 Å². The van der Waals surface area contributed by atoms with Crippen LogP contribution in [0, 0.1) is 11.7 Å². The van der Waals surface area contributed by atoms with Gasteiger partial charge in [0, 0.05) is 12.6 Å². The van der Waals surface area contributed by atoms with E-state index in [-0.39, 0.29) is 17.1 Å². The fourth-order valence-corrected chi connectivity index (χ4v) is 6.87. The SMILES string of the molecule is COc1ccc(CN(c2ccc(OCCC3CCCC3)cc2F)S(=O)(=O)c2ccc3c(c2)CCNC3)cc1. The number of rotatable bonds is 10. The first-order valence-electron chi connectivity index (χ1n) is 13.3. The highest BCUT2D eigenvalue weighted by molar-refractivity contribution is 7.92. The van der Waals surface area contributed by atoms with Crippen molar-refractivity contribution in [2.24, 2.45) is 5.92 Å². The summed E-state index contributed by atoms with van der Waals surface area (Å²) in [6.07, 6.45) is 6.71. The van der Waals surface area contributed by atoms with Crippen molar-refractivity contribution in [1.29, 1.82) is 0 Å². The minimum Gasteiger partial charge on any atom is -0.497 e. The van der Waals surface area contributed by atoms with Crippen molar-refractivity contribution < 1.29 is 22.3 Å². The molecule has 2 aliphatic rings. The Labute approximate surface area is 224 Å². The third-order valence-electron chi connectivity index (χ3n) is 7.59. The molecule has 0 radical (unpaired) electrons. The summed E-state index contributed by atoms with van der Waals surface area (Å²) >= 11 is 0. The van der Waals surface area contributed by atoms with E-state index in [1.54, 1.807) is 49.6 Å². The van der Waals surface area contributed by atoms with Gasteiger partial charge in [-0.3, -0.25) is 4.31 Å². The van der Waals surface area contributed by atoms with Gasteiger partial charge >= 0.3 is 0 Å². The number of fused-ring (bicyclic) bond motifs is 1. The quantitative estimate of drug-likeness (QED) is 0.352. The minimum absolute atomic E-state index is 0.0108. The molecule has 3 aromatic rings. The first-order valence-corrected chi connectivity index (χ1v) is 14.8. The van der Waals surface area contributed by atoms with Crippen molar-refractivity contribution in [3.8, 4) is 11.5 Å². The second kappa shape index (κ2) is 11.7. The Hall–Kier alpha value is -3.10. The third kappa shape index (κ3) is 5.97. The van der Waals surface area contributed by atoms with Gasteiger partial charge in [-0.25, -0.2) is 12.8 Å². The van der Waals surface area contributed by atoms with Crippen molar-refractivity contribution in [2.45, 2.75) is 56.5 Å². The van der Waals surface area contributed by atoms with Gasteiger partial charge in [-0.05, 0) is 78.4 Å². The molecular formula is C30H35FN2O4S. The van der Waals surface area contributed by atoms with Gasteiger partial charge in [-0.2, -0.15) is 0 Å². The van der Waals surface area contributed by atoms with E-state index in [1.165, 1.54) is 37.8 Å². The molecule has 0 spiro atoms. The predicted molar refractivity (Wildman–Crippen MR) is 147 cm³/mol. The number of nitrogens with zero attached hydrogens (tertiary/aromatic N) is 1. The number of sulfonamides is 1. The summed E-state index contributed by atoms with van der Waals surface area (Å²) in [6, 6.07) is 16.7. The highest BCUT2D eigenvalue weighted by Crippen LogP contribution is 2.33. The number of hydrogen-bond acceptors (Lipinski definition) is 5. The van der Waals surface area contributed by atoms with E-state index in [0.717, 1.165) is 34.8 Å². The highest BCUT2D eigenvalue weighted by atomic mass is 32.2. The van der Waals surface area contributed by atoms with Crippen molar-refractivity contribution in [2.75, 3.05) is 24.6 Å². The molecule has 0 unspecified atom stereocenters. The number of halogens is 1. The number of methoxy groups -OCH3 is 1. The summed E-state index contributed by atoms with van der Waals surface area (Å²) in [5, 5.41) is 3.30. The van der Waals surface area contributed by atoms with Gasteiger partial charge in [0.2, 0.25) is 0 Å². The molecule has 0 bridgehead atoms. The van der Waals surface area contributed by atoms with Gasteiger partial charge < -0.3 is 14.8 Å². The topological polar surface area (TPSA) is 67.9 Å². The molecule has 1 saturated carbocycles. The Kier molecular flexibility index (Phi) is 8.19. The second-order valence-corrected chi connectivity index (χ2v) is 12.0. The Morgan fingerprint density at radius 2 is 1.74 bits per heavy atom. The van der Waals surface area contributed by atoms with Crippen molar-refractivity contribution >= 4 is 15.7 Å². The summed E-state index contributed by atoms with van der Waals surface area (Å²) in [5.41, 5.74) is 2.79. The molecule has 6 nitrogen and oxygen atoms in total. The maximum atomic E-state index is 15.6. The molecular weight excluding hydrogens is 503 g/mol. The Morgan fingerprint density at radius 1 is 0.974 bits per heavy atom. The van der Waals surface area contributed by atoms with Crippen LogP contribution in [0.25, 0.3) is 0 Å². The van der Waals surface area contributed by atoms with Crippen LogP contribution in [0.2, 0.25) is 0 Å². The first-order chi connectivity index (χ1) is 18.4. The Balaban J connectivity index is 1.44. The number of anilines is 1. The molecule has 3 aromatic carbocycles. The van der Waals surface area contributed by atoms with Crippen LogP contribution in [0.4, 0.5) is 10.1 Å². The van der Waals surface area contributed by atoms with Gasteiger partial charge in [0.1, 0.15) is 11.5 Å². The standard InChI is InChI=1S/C30H35FN2O4S/c1-36-26-9-6-23(7-10-26)21-33(38(34,35)28-12-8-25-20-32-16-14-24(25)18-28)30-13-11-27(19-29(30)31)37-17-15-22-4-2-3-5-22/h6-13,18-19,22,32H,2-5,14-17,20-21H2,1H3. The van der Waals surface area contributed by atoms with Crippen LogP contribution in [0.15, 0.2) is 65.6 Å². The fourth-order valence-electron chi connectivity index (χ4n) is 5.36. The molecule has 5 rings (SSSR count). The van der Waals surface area contributed by atoms with Crippen molar-refractivity contribution in [3.63, 3.8) is 0 Å². The molecule has 1 fully saturated rings. The smallest absolute Gasteiger partial charge is 0.264 e. The summed E-state index contributed by atoms with van der Waals surface area (Å²) in [4.78, 5) is 0.156. The summed E-state index contributed by atoms with van der Waals surface area (Å²) < 4.78 is 55.7. The van der Waals surface area contributed by atoms with E-state index >= 15 is 4.39 Å². The maximum Gasteiger partial charge on any atom is 0.264 e. The Morgan fingerprint density at radius 3 is 2.47 bits per heavy atom. The van der Waals surface area contributed by atoms with Gasteiger partial charge in [0.05, 0.1) is 30.8 Å². The number of hydrogen-bond donors (Lipinski definition) is 1. The van der Waals surface area contributed by atoms with E-state index in [4.69, 9.17) is 9.47 Å². The van der Waals surface area contributed by atoms with E-state index in [9.17, 15) is 8.42 Å². The molecule has 0 saturated heterocycles. The lowest BCUT2D eigenvalue weighted by Gasteiger charge is -2.26. The average Bonchev–Trinajstić information content (AvgIpc) is 3.46. The second-order valence-electron chi connectivity index (χ2n) is 10.1. The van der Waals surface area contributed by atoms with E-state index in [1.807, 2.05) is 6.07 Å². The maximum absolute atomic E-state index is 15.6. The van der Waals surface area contributed by atoms with Crippen molar-refractivity contribution in [3.05, 3.63) is 83.2 Å². The van der Waals surface area contributed by atoms with Gasteiger partial charge in [-0.1, -0.05) is 43.9 Å². The fraction of sp³-hybridized carbons (Fsp3) is 0.400. The largest absolute Gasteiger partial charge is 0.497 e. The molecule has 38 heavy (non-hydrogen) atoms. The summed E-state index contributed by atoms with van der Waals surface area (Å²) in [7, 11) is -2.49. The van der Waals surface area contributed by atoms with Crippen LogP contribution in [0.5, 0.6) is 11.5 Å². The average molecular weight is 539 g/mol. The zero-order valence-corrected chi connectivity index (χ0v) is 22.6. The third-order valence-corrected chi connectivity index (χ3v) is 9.35. The Bertz CT molecular complexity index is 1360. The summed E-state index contributed by atoms with van der Waals surface area (Å²) in [5.74, 6) is 1.11. The van der Waals surface area contributed by atoms with Crippen LogP contribution in [-0.4, -0.2) is 28.7 Å². The molecule has 1 aliphatic carbocycles. The molecule has 8 heteroatoms. The number of nitrogens with one attached hydrogen (secondary N) is 1. The van der Waals surface area contributed by atoms with Crippen LogP contribution in [-0.2, 0) is 29.5 Å². The van der Waals surface area contributed by atoms with Gasteiger partial charge in [-0.15, -0.1) is 0 Å². The molecule has 0 aromatic heterocycles. The monoisotopic (exact) mass is 538 g/mol. The molecule has 202 valence electrons. The number of benzene rings is 3. The molecule has 1 N–H and O–H groups in total. The minimum atomic E-state index is -4.06. The molecule has 0 amide bonds. The zero-order valence-electron chi connectivity index (χ0n) is 21.8.